The van der Waals surface area contributed by atoms with Crippen LogP contribution < -0.4 is 5.32 Å². The molecule has 21 heavy (non-hydrogen) atoms. The number of aliphatic hydroxyl groups is 1. The van der Waals surface area contributed by atoms with Crippen molar-refractivity contribution in [3.63, 3.8) is 0 Å². The fourth-order valence-corrected chi connectivity index (χ4v) is 2.57. The Morgan fingerprint density at radius 3 is 2.24 bits per heavy atom. The van der Waals surface area contributed by atoms with Gasteiger partial charge in [0.2, 0.25) is 0 Å². The molecular weight excluding hydrogens is 266 g/mol. The molecule has 0 unspecified atom stereocenters. The predicted octanol–water partition coefficient (Wildman–Crippen LogP) is 4.53. The van der Waals surface area contributed by atoms with Crippen LogP contribution in [0.15, 0.2) is 36.6 Å². The van der Waals surface area contributed by atoms with Gasteiger partial charge in [-0.15, -0.1) is 0 Å². The zero-order valence-corrected chi connectivity index (χ0v) is 12.9. The molecule has 2 rings (SSSR count). The summed E-state index contributed by atoms with van der Waals surface area (Å²) >= 11 is 0. The molecule has 0 heterocycles. The molecule has 0 spiro atoms. The summed E-state index contributed by atoms with van der Waals surface area (Å²) in [5.41, 5.74) is 0.890. The Labute approximate surface area is 125 Å². The van der Waals surface area contributed by atoms with Crippen molar-refractivity contribution in [1.29, 1.82) is 0 Å². The quantitative estimate of drug-likeness (QED) is 0.804. The van der Waals surface area contributed by atoms with E-state index in [-0.39, 0.29) is 11.2 Å². The summed E-state index contributed by atoms with van der Waals surface area (Å²) in [7, 11) is 0. The van der Waals surface area contributed by atoms with Gasteiger partial charge < -0.3 is 9.84 Å². The average Bonchev–Trinajstić information content (AvgIpc) is 2.26. The van der Waals surface area contributed by atoms with Crippen molar-refractivity contribution >= 4 is 11.8 Å². The molecule has 4 heteroatoms. The van der Waals surface area contributed by atoms with E-state index in [9.17, 15) is 9.90 Å². The first kappa shape index (κ1) is 15.4. The van der Waals surface area contributed by atoms with E-state index < -0.39 is 11.7 Å². The van der Waals surface area contributed by atoms with Gasteiger partial charge in [-0.05, 0) is 51.3 Å². The molecule has 1 aromatic rings. The second-order valence-electron chi connectivity index (χ2n) is 6.59. The molecule has 2 N–H and O–H groups in total. The number of amides is 1. The SMILES string of the molecule is C=C(O)C1(c2ccc(NC(=O)OC(C)(C)C)cc2)CCC1. The number of nitrogens with one attached hydrogen (secondary N) is 1. The minimum atomic E-state index is -0.519. The second kappa shape index (κ2) is 5.43. The van der Waals surface area contributed by atoms with Crippen LogP contribution in [0, 0.1) is 0 Å². The molecule has 0 bridgehead atoms. The zero-order chi connectivity index (χ0) is 15.7. The van der Waals surface area contributed by atoms with E-state index >= 15 is 0 Å². The van der Waals surface area contributed by atoms with E-state index in [1.165, 1.54) is 0 Å². The maximum Gasteiger partial charge on any atom is 0.412 e. The van der Waals surface area contributed by atoms with Crippen LogP contribution in [-0.2, 0) is 10.2 Å². The fourth-order valence-electron chi connectivity index (χ4n) is 2.57. The molecule has 0 atom stereocenters. The fraction of sp³-hybridized carbons (Fsp3) is 0.471. The van der Waals surface area contributed by atoms with Crippen LogP contribution in [0.4, 0.5) is 10.5 Å². The molecule has 0 saturated heterocycles. The third-order valence-electron chi connectivity index (χ3n) is 3.84. The maximum atomic E-state index is 11.7. The number of aliphatic hydroxyl groups excluding tert-OH is 1. The lowest BCUT2D eigenvalue weighted by Crippen LogP contribution is -2.35. The van der Waals surface area contributed by atoms with Gasteiger partial charge in [-0.25, -0.2) is 4.79 Å². The van der Waals surface area contributed by atoms with Gasteiger partial charge in [-0.1, -0.05) is 25.1 Å². The number of ether oxygens (including phenoxy) is 1. The van der Waals surface area contributed by atoms with Gasteiger partial charge in [0.25, 0.3) is 0 Å². The number of allylic oxidation sites excluding steroid dienone is 1. The van der Waals surface area contributed by atoms with Gasteiger partial charge in [-0.2, -0.15) is 0 Å². The lowest BCUT2D eigenvalue weighted by molar-refractivity contribution is 0.0636. The summed E-state index contributed by atoms with van der Waals surface area (Å²) < 4.78 is 5.21. The highest BCUT2D eigenvalue weighted by Gasteiger charge is 2.41. The molecular formula is C17H23NO3. The van der Waals surface area contributed by atoms with Crippen LogP contribution >= 0.6 is 0 Å². The van der Waals surface area contributed by atoms with Crippen LogP contribution in [-0.4, -0.2) is 16.8 Å². The zero-order valence-electron chi connectivity index (χ0n) is 12.9. The largest absolute Gasteiger partial charge is 0.512 e. The Hall–Kier alpha value is -1.97. The molecule has 1 aliphatic rings. The van der Waals surface area contributed by atoms with E-state index in [2.05, 4.69) is 11.9 Å². The topological polar surface area (TPSA) is 58.6 Å². The Morgan fingerprint density at radius 1 is 1.29 bits per heavy atom. The van der Waals surface area contributed by atoms with Crippen LogP contribution in [0.25, 0.3) is 0 Å². The van der Waals surface area contributed by atoms with Crippen LogP contribution in [0.3, 0.4) is 0 Å². The monoisotopic (exact) mass is 289 g/mol. The summed E-state index contributed by atoms with van der Waals surface area (Å²) in [5, 5.41) is 12.5. The summed E-state index contributed by atoms with van der Waals surface area (Å²) in [5.74, 6) is 0.224. The van der Waals surface area contributed by atoms with Crippen molar-refractivity contribution in [2.24, 2.45) is 0 Å². The van der Waals surface area contributed by atoms with E-state index in [1.54, 1.807) is 0 Å². The molecule has 0 radical (unpaired) electrons. The summed E-state index contributed by atoms with van der Waals surface area (Å²) in [6.45, 7) is 9.17. The van der Waals surface area contributed by atoms with Gasteiger partial charge in [0.15, 0.2) is 0 Å². The van der Waals surface area contributed by atoms with Gasteiger partial charge in [0, 0.05) is 5.69 Å². The van der Waals surface area contributed by atoms with Crippen LogP contribution in [0.5, 0.6) is 0 Å². The highest BCUT2D eigenvalue weighted by Crippen LogP contribution is 2.47. The molecule has 0 aliphatic heterocycles. The Kier molecular flexibility index (Phi) is 3.99. The van der Waals surface area contributed by atoms with Crippen molar-refractivity contribution < 1.29 is 14.6 Å². The Balaban J connectivity index is 2.06. The number of anilines is 1. The van der Waals surface area contributed by atoms with Crippen molar-refractivity contribution in [3.8, 4) is 0 Å². The minimum Gasteiger partial charge on any atom is -0.512 e. The number of hydrogen-bond donors (Lipinski definition) is 2. The van der Waals surface area contributed by atoms with Crippen molar-refractivity contribution in [2.45, 2.75) is 51.0 Å². The Morgan fingerprint density at radius 2 is 1.86 bits per heavy atom. The molecule has 114 valence electrons. The smallest absolute Gasteiger partial charge is 0.412 e. The third kappa shape index (κ3) is 3.38. The lowest BCUT2D eigenvalue weighted by atomic mass is 9.63. The second-order valence-corrected chi connectivity index (χ2v) is 6.59. The normalized spacial score (nSPS) is 16.7. The van der Waals surface area contributed by atoms with Gasteiger partial charge in [0.05, 0.1) is 11.2 Å². The first-order chi connectivity index (χ1) is 9.73. The van der Waals surface area contributed by atoms with Crippen molar-refractivity contribution in [2.75, 3.05) is 5.32 Å². The summed E-state index contributed by atoms with van der Waals surface area (Å²) in [6, 6.07) is 7.49. The van der Waals surface area contributed by atoms with Crippen LogP contribution in [0.1, 0.15) is 45.6 Å². The Bertz CT molecular complexity index is 536. The third-order valence-corrected chi connectivity index (χ3v) is 3.84. The lowest BCUT2D eigenvalue weighted by Gasteiger charge is -2.41. The van der Waals surface area contributed by atoms with Crippen molar-refractivity contribution in [3.05, 3.63) is 42.2 Å². The minimum absolute atomic E-state index is 0.224. The summed E-state index contributed by atoms with van der Waals surface area (Å²) in [6.07, 6.45) is 2.46. The number of benzene rings is 1. The predicted molar refractivity (Wildman–Crippen MR) is 83.6 cm³/mol. The maximum absolute atomic E-state index is 11.7. The highest BCUT2D eigenvalue weighted by molar-refractivity contribution is 5.84. The van der Waals surface area contributed by atoms with Gasteiger partial charge in [-0.3, -0.25) is 5.32 Å². The van der Waals surface area contributed by atoms with Gasteiger partial charge >= 0.3 is 6.09 Å². The van der Waals surface area contributed by atoms with E-state index in [0.29, 0.717) is 5.69 Å². The molecule has 1 aliphatic carbocycles. The molecule has 1 saturated carbocycles. The molecule has 0 aromatic heterocycles. The number of carbonyl (C=O) groups is 1. The average molecular weight is 289 g/mol. The molecule has 1 fully saturated rings. The first-order valence-corrected chi connectivity index (χ1v) is 7.22. The highest BCUT2D eigenvalue weighted by atomic mass is 16.6. The summed E-state index contributed by atoms with van der Waals surface area (Å²) in [4.78, 5) is 11.7. The molecule has 4 nitrogen and oxygen atoms in total. The standard InChI is InChI=1S/C17H23NO3/c1-12(19)17(10-5-11-17)13-6-8-14(9-7-13)18-15(20)21-16(2,3)4/h6-9,19H,1,5,10-11H2,2-4H3,(H,18,20). The number of rotatable bonds is 3. The van der Waals surface area contributed by atoms with E-state index in [4.69, 9.17) is 4.74 Å². The number of hydrogen-bond acceptors (Lipinski definition) is 3. The van der Waals surface area contributed by atoms with Gasteiger partial charge in [0.1, 0.15) is 5.60 Å². The van der Waals surface area contributed by atoms with Crippen molar-refractivity contribution in [1.82, 2.24) is 0 Å². The number of carbonyl (C=O) groups excluding carboxylic acids is 1. The molecule has 1 aromatic carbocycles. The van der Waals surface area contributed by atoms with E-state index in [0.717, 1.165) is 24.8 Å². The van der Waals surface area contributed by atoms with E-state index in [1.807, 2.05) is 45.0 Å². The molecule has 1 amide bonds. The van der Waals surface area contributed by atoms with Crippen LogP contribution in [0.2, 0.25) is 0 Å². The first-order valence-electron chi connectivity index (χ1n) is 7.22.